The van der Waals surface area contributed by atoms with Crippen LogP contribution in [0.5, 0.6) is 0 Å². The van der Waals surface area contributed by atoms with Crippen molar-refractivity contribution < 1.29 is 37.1 Å². The molecule has 2 aromatic rings. The molecular formula is C30H37F4N3O4. The molecule has 1 unspecified atom stereocenters. The summed E-state index contributed by atoms with van der Waals surface area (Å²) in [4.78, 5) is 38.1. The molecule has 41 heavy (non-hydrogen) atoms. The Morgan fingerprint density at radius 2 is 1.61 bits per heavy atom. The van der Waals surface area contributed by atoms with Gasteiger partial charge in [-0.15, -0.1) is 0 Å². The Balaban J connectivity index is 1.79. The molecule has 0 spiro atoms. The number of aryl methyl sites for hydroxylation is 1. The van der Waals surface area contributed by atoms with Gasteiger partial charge in [-0.25, -0.2) is 14.0 Å². The number of aliphatic carboxylic acids is 1. The minimum Gasteiger partial charge on any atom is -0.479 e. The van der Waals surface area contributed by atoms with Gasteiger partial charge in [0.05, 0.1) is 12.1 Å². The maximum absolute atomic E-state index is 13.5. The van der Waals surface area contributed by atoms with Crippen LogP contribution < -0.4 is 10.6 Å². The maximum Gasteiger partial charge on any atom is 0.416 e. The van der Waals surface area contributed by atoms with Crippen LogP contribution in [0.4, 0.5) is 28.0 Å². The largest absolute Gasteiger partial charge is 0.479 e. The third-order valence-corrected chi connectivity index (χ3v) is 7.56. The molecule has 2 aromatic carbocycles. The molecule has 11 heteroatoms. The average molecular weight is 580 g/mol. The number of carboxylic acids is 1. The van der Waals surface area contributed by atoms with Crippen molar-refractivity contribution in [3.8, 4) is 0 Å². The normalized spacial score (nSPS) is 18.3. The molecule has 0 aliphatic heterocycles. The highest BCUT2D eigenvalue weighted by atomic mass is 19.4. The summed E-state index contributed by atoms with van der Waals surface area (Å²) in [6, 6.07) is 9.01. The summed E-state index contributed by atoms with van der Waals surface area (Å²) in [6.07, 6.45) is -3.48. The molecule has 0 aromatic heterocycles. The van der Waals surface area contributed by atoms with Gasteiger partial charge in [-0.1, -0.05) is 32.9 Å². The van der Waals surface area contributed by atoms with Crippen molar-refractivity contribution >= 4 is 23.6 Å². The smallest absolute Gasteiger partial charge is 0.416 e. The van der Waals surface area contributed by atoms with Gasteiger partial charge in [0, 0.05) is 23.8 Å². The number of nitrogens with zero attached hydrogens (tertiary/aromatic N) is 1. The number of halogens is 4. The number of nitrogens with one attached hydrogen (secondary N) is 2. The zero-order valence-corrected chi connectivity index (χ0v) is 23.6. The van der Waals surface area contributed by atoms with E-state index in [0.717, 1.165) is 37.8 Å². The standard InChI is InChI=1S/C30H37F4N3O4/c1-18-13-22(30(32,33)34)15-23(14-18)36-28(41)37(24-11-9-21(10-12-24)29(2,3)4)17-19-5-7-20(8-6-19)26(38)35-16-25(31)27(39)40/h5-8,13-15,21,24-25H,9-12,16-17H2,1-4H3,(H,35,38)(H,36,41)(H,39,40). The van der Waals surface area contributed by atoms with Crippen LogP contribution in [0, 0.1) is 18.3 Å². The highest BCUT2D eigenvalue weighted by molar-refractivity contribution is 5.94. The van der Waals surface area contributed by atoms with Gasteiger partial charge in [0.25, 0.3) is 5.91 Å². The number of hydrogen-bond donors (Lipinski definition) is 3. The van der Waals surface area contributed by atoms with Crippen LogP contribution in [0.3, 0.4) is 0 Å². The fourth-order valence-electron chi connectivity index (χ4n) is 5.16. The number of urea groups is 1. The van der Waals surface area contributed by atoms with Gasteiger partial charge in [-0.2, -0.15) is 13.2 Å². The number of alkyl halides is 4. The molecule has 1 aliphatic carbocycles. The lowest BCUT2D eigenvalue weighted by Crippen LogP contribution is -2.45. The molecule has 1 aliphatic rings. The first-order valence-electron chi connectivity index (χ1n) is 13.5. The molecule has 7 nitrogen and oxygen atoms in total. The van der Waals surface area contributed by atoms with Gasteiger partial charge in [0.2, 0.25) is 6.17 Å². The molecule has 1 fully saturated rings. The predicted octanol–water partition coefficient (Wildman–Crippen LogP) is 6.81. The van der Waals surface area contributed by atoms with Crippen LogP contribution in [0.25, 0.3) is 0 Å². The van der Waals surface area contributed by atoms with Gasteiger partial charge >= 0.3 is 18.2 Å². The third kappa shape index (κ3) is 8.93. The van der Waals surface area contributed by atoms with Gasteiger partial charge in [0.15, 0.2) is 0 Å². The minimum absolute atomic E-state index is 0.0512. The molecule has 0 heterocycles. The maximum atomic E-state index is 13.5. The fourth-order valence-corrected chi connectivity index (χ4v) is 5.16. The van der Waals surface area contributed by atoms with E-state index >= 15 is 0 Å². The van der Waals surface area contributed by atoms with E-state index in [0.29, 0.717) is 17.0 Å². The Bertz CT molecular complexity index is 1230. The minimum atomic E-state index is -4.55. The van der Waals surface area contributed by atoms with E-state index in [1.54, 1.807) is 17.0 Å². The van der Waals surface area contributed by atoms with Crippen LogP contribution >= 0.6 is 0 Å². The van der Waals surface area contributed by atoms with E-state index in [9.17, 15) is 31.9 Å². The monoisotopic (exact) mass is 579 g/mol. The topological polar surface area (TPSA) is 98.7 Å². The summed E-state index contributed by atoms with van der Waals surface area (Å²) in [5, 5.41) is 13.5. The summed E-state index contributed by atoms with van der Waals surface area (Å²) < 4.78 is 53.4. The van der Waals surface area contributed by atoms with E-state index in [1.807, 2.05) is 0 Å². The number of hydrogen-bond acceptors (Lipinski definition) is 3. The second-order valence-corrected chi connectivity index (χ2v) is 11.7. The van der Waals surface area contributed by atoms with E-state index in [4.69, 9.17) is 5.11 Å². The lowest BCUT2D eigenvalue weighted by atomic mass is 9.71. The van der Waals surface area contributed by atoms with Crippen LogP contribution in [0.15, 0.2) is 42.5 Å². The van der Waals surface area contributed by atoms with Crippen molar-refractivity contribution in [1.29, 1.82) is 0 Å². The third-order valence-electron chi connectivity index (χ3n) is 7.56. The quantitative estimate of drug-likeness (QED) is 0.300. The second-order valence-electron chi connectivity index (χ2n) is 11.7. The summed E-state index contributed by atoms with van der Waals surface area (Å²) in [7, 11) is 0. The summed E-state index contributed by atoms with van der Waals surface area (Å²) in [6.45, 7) is 7.57. The molecule has 1 atom stereocenters. The SMILES string of the molecule is Cc1cc(NC(=O)N(Cc2ccc(C(=O)NCC(F)C(=O)O)cc2)C2CCC(C(C)(C)C)CC2)cc(C(F)(F)F)c1. The first kappa shape index (κ1) is 31.9. The Kier molecular flexibility index (Phi) is 10.0. The van der Waals surface area contributed by atoms with Gasteiger partial charge in [-0.05, 0) is 85.4 Å². The van der Waals surface area contributed by atoms with E-state index in [-0.39, 0.29) is 29.3 Å². The molecule has 0 saturated heterocycles. The van der Waals surface area contributed by atoms with E-state index in [1.165, 1.54) is 25.1 Å². The van der Waals surface area contributed by atoms with Crippen molar-refractivity contribution in [2.75, 3.05) is 11.9 Å². The number of carboxylic acid groups (broad SMARTS) is 1. The number of benzene rings is 2. The van der Waals surface area contributed by atoms with Crippen LogP contribution in [0.1, 0.15) is 73.5 Å². The zero-order chi connectivity index (χ0) is 30.5. The predicted molar refractivity (Wildman–Crippen MR) is 147 cm³/mol. The number of carbonyl (C=O) groups excluding carboxylic acids is 2. The molecule has 3 N–H and O–H groups in total. The van der Waals surface area contributed by atoms with Gasteiger partial charge in [0.1, 0.15) is 0 Å². The van der Waals surface area contributed by atoms with Crippen molar-refractivity contribution in [2.45, 2.75) is 78.3 Å². The molecule has 0 bridgehead atoms. The number of rotatable bonds is 8. The van der Waals surface area contributed by atoms with Crippen molar-refractivity contribution in [3.05, 3.63) is 64.7 Å². The zero-order valence-electron chi connectivity index (χ0n) is 23.6. The van der Waals surface area contributed by atoms with Crippen LogP contribution in [-0.2, 0) is 17.5 Å². The molecular weight excluding hydrogens is 542 g/mol. The molecule has 224 valence electrons. The summed E-state index contributed by atoms with van der Waals surface area (Å²) >= 11 is 0. The lowest BCUT2D eigenvalue weighted by Gasteiger charge is -2.41. The van der Waals surface area contributed by atoms with Crippen LogP contribution in [-0.4, -0.2) is 46.7 Å². The number of anilines is 1. The molecule has 1 saturated carbocycles. The Hall–Kier alpha value is -3.63. The fraction of sp³-hybridized carbons (Fsp3) is 0.500. The van der Waals surface area contributed by atoms with E-state index in [2.05, 4.69) is 31.4 Å². The van der Waals surface area contributed by atoms with E-state index < -0.39 is 42.4 Å². The Morgan fingerprint density at radius 3 is 2.15 bits per heavy atom. The Labute approximate surface area is 237 Å². The molecule has 3 amide bonds. The first-order chi connectivity index (χ1) is 19.0. The molecule has 0 radical (unpaired) electrons. The second kappa shape index (κ2) is 12.9. The Morgan fingerprint density at radius 1 is 1.00 bits per heavy atom. The van der Waals surface area contributed by atoms with Crippen molar-refractivity contribution in [2.24, 2.45) is 11.3 Å². The van der Waals surface area contributed by atoms with Crippen molar-refractivity contribution in [1.82, 2.24) is 10.2 Å². The first-order valence-corrected chi connectivity index (χ1v) is 13.5. The van der Waals surface area contributed by atoms with Crippen molar-refractivity contribution in [3.63, 3.8) is 0 Å². The highest BCUT2D eigenvalue weighted by Gasteiger charge is 2.34. The van der Waals surface area contributed by atoms with Gasteiger partial charge < -0.3 is 20.6 Å². The highest BCUT2D eigenvalue weighted by Crippen LogP contribution is 2.39. The molecule has 3 rings (SSSR count). The summed E-state index contributed by atoms with van der Waals surface area (Å²) in [5.74, 6) is -1.83. The number of amides is 3. The average Bonchev–Trinajstić information content (AvgIpc) is 2.89. The lowest BCUT2D eigenvalue weighted by molar-refractivity contribution is -0.142. The summed E-state index contributed by atoms with van der Waals surface area (Å²) in [5.41, 5.74) is 0.563. The number of carbonyl (C=O) groups is 3. The van der Waals surface area contributed by atoms with Crippen LogP contribution in [0.2, 0.25) is 0 Å². The van der Waals surface area contributed by atoms with Gasteiger partial charge in [-0.3, -0.25) is 4.79 Å².